The maximum absolute atomic E-state index is 11.2. The molecule has 86 valence electrons. The molecule has 0 radical (unpaired) electrons. The van der Waals surface area contributed by atoms with Gasteiger partial charge in [-0.25, -0.2) is 0 Å². The van der Waals surface area contributed by atoms with Gasteiger partial charge in [0, 0.05) is 0 Å². The molecular formula is C13H23NO. The maximum atomic E-state index is 11.2. The summed E-state index contributed by atoms with van der Waals surface area (Å²) in [4.78, 5) is 11.2. The van der Waals surface area contributed by atoms with Crippen molar-refractivity contribution in [3.8, 4) is 0 Å². The fourth-order valence-electron chi connectivity index (χ4n) is 3.81. The van der Waals surface area contributed by atoms with Gasteiger partial charge in [0.1, 0.15) is 0 Å². The van der Waals surface area contributed by atoms with Crippen molar-refractivity contribution in [3.63, 3.8) is 0 Å². The van der Waals surface area contributed by atoms with Gasteiger partial charge in [-0.15, -0.1) is 0 Å². The molecule has 1 saturated heterocycles. The molecule has 4 unspecified atom stereocenters. The van der Waals surface area contributed by atoms with Crippen LogP contribution in [0.5, 0.6) is 0 Å². The molecule has 1 heterocycles. The summed E-state index contributed by atoms with van der Waals surface area (Å²) in [7, 11) is 0. The number of hydrogen-bond donors (Lipinski definition) is 1. The van der Waals surface area contributed by atoms with E-state index in [0.717, 1.165) is 6.42 Å². The maximum Gasteiger partial charge on any atom is 0.222 e. The van der Waals surface area contributed by atoms with E-state index >= 15 is 0 Å². The monoisotopic (exact) mass is 209 g/mol. The van der Waals surface area contributed by atoms with Gasteiger partial charge in [-0.2, -0.15) is 0 Å². The molecule has 0 aromatic heterocycles. The van der Waals surface area contributed by atoms with Gasteiger partial charge in [0.25, 0.3) is 0 Å². The number of amides is 1. The summed E-state index contributed by atoms with van der Waals surface area (Å²) in [5, 5.41) is 3.19. The molecule has 1 saturated carbocycles. The Labute approximate surface area is 92.8 Å². The Morgan fingerprint density at radius 3 is 2.20 bits per heavy atom. The van der Waals surface area contributed by atoms with Crippen LogP contribution >= 0.6 is 0 Å². The molecule has 0 aromatic carbocycles. The number of carbonyl (C=O) groups excluding carboxylic acids is 1. The Morgan fingerprint density at radius 1 is 1.20 bits per heavy atom. The van der Waals surface area contributed by atoms with Crippen LogP contribution in [-0.2, 0) is 4.79 Å². The summed E-state index contributed by atoms with van der Waals surface area (Å²) in [5.74, 6) is 2.11. The highest BCUT2D eigenvalue weighted by Gasteiger charge is 2.58. The third-order valence-corrected chi connectivity index (χ3v) is 5.33. The number of nitrogens with one attached hydrogen (secondary N) is 1. The van der Waals surface area contributed by atoms with Gasteiger partial charge in [-0.1, -0.05) is 34.6 Å². The van der Waals surface area contributed by atoms with E-state index in [1.165, 1.54) is 6.42 Å². The van der Waals surface area contributed by atoms with Gasteiger partial charge in [-0.05, 0) is 29.6 Å². The van der Waals surface area contributed by atoms with Crippen molar-refractivity contribution in [3.05, 3.63) is 0 Å². The second-order valence-electron chi connectivity index (χ2n) is 6.44. The first kappa shape index (κ1) is 11.0. The quantitative estimate of drug-likeness (QED) is 0.610. The van der Waals surface area contributed by atoms with Gasteiger partial charge in [0.2, 0.25) is 5.91 Å². The van der Waals surface area contributed by atoms with Crippen LogP contribution in [0.3, 0.4) is 0 Å². The topological polar surface area (TPSA) is 29.1 Å². The Bertz CT molecular complexity index is 287. The smallest absolute Gasteiger partial charge is 0.222 e. The summed E-state index contributed by atoms with van der Waals surface area (Å²) in [6, 6.07) is 0. The van der Waals surface area contributed by atoms with Crippen LogP contribution in [0.1, 0.15) is 47.5 Å². The molecule has 1 aliphatic heterocycles. The minimum absolute atomic E-state index is 0.117. The SMILES string of the molecule is CC1C(C)C2(CC(=O)N2)C(C)CC1(C)C. The number of hydrogen-bond acceptors (Lipinski definition) is 1. The van der Waals surface area contributed by atoms with Crippen LogP contribution < -0.4 is 5.32 Å². The lowest BCUT2D eigenvalue weighted by Crippen LogP contribution is -2.72. The molecule has 0 bridgehead atoms. The molecule has 0 aromatic rings. The fourth-order valence-corrected chi connectivity index (χ4v) is 3.81. The van der Waals surface area contributed by atoms with Crippen LogP contribution in [0.25, 0.3) is 0 Å². The van der Waals surface area contributed by atoms with E-state index in [2.05, 4.69) is 39.9 Å². The molecule has 2 rings (SSSR count). The van der Waals surface area contributed by atoms with Crippen LogP contribution in [-0.4, -0.2) is 11.4 Å². The molecule has 4 atom stereocenters. The van der Waals surface area contributed by atoms with Crippen molar-refractivity contribution in [1.82, 2.24) is 5.32 Å². The zero-order chi connectivity index (χ0) is 11.4. The van der Waals surface area contributed by atoms with Gasteiger partial charge in [-0.3, -0.25) is 4.79 Å². The Kier molecular flexibility index (Phi) is 2.19. The van der Waals surface area contributed by atoms with Crippen LogP contribution in [0, 0.1) is 23.2 Å². The van der Waals surface area contributed by atoms with Crippen molar-refractivity contribution in [2.24, 2.45) is 23.2 Å². The van der Waals surface area contributed by atoms with Crippen molar-refractivity contribution < 1.29 is 4.79 Å². The zero-order valence-electron chi connectivity index (χ0n) is 10.6. The van der Waals surface area contributed by atoms with Crippen LogP contribution in [0.4, 0.5) is 0 Å². The average Bonchev–Trinajstić information content (AvgIpc) is 2.07. The molecule has 2 nitrogen and oxygen atoms in total. The van der Waals surface area contributed by atoms with Crippen molar-refractivity contribution in [2.75, 3.05) is 0 Å². The zero-order valence-corrected chi connectivity index (χ0v) is 10.6. The lowest BCUT2D eigenvalue weighted by atomic mass is 9.51. The molecule has 2 aliphatic rings. The standard InChI is InChI=1S/C13H23NO/c1-8-6-12(4,5)9(2)10(3)13(8)7-11(15)14-13/h8-10H,6-7H2,1-5H3,(H,14,15). The van der Waals surface area contributed by atoms with Gasteiger partial charge in [0.15, 0.2) is 0 Å². The highest BCUT2D eigenvalue weighted by atomic mass is 16.2. The normalized spacial score (nSPS) is 48.6. The molecule has 1 aliphatic carbocycles. The first-order valence-corrected chi connectivity index (χ1v) is 6.10. The summed E-state index contributed by atoms with van der Waals surface area (Å²) >= 11 is 0. The number of carbonyl (C=O) groups is 1. The van der Waals surface area contributed by atoms with Gasteiger partial charge >= 0.3 is 0 Å². The molecular weight excluding hydrogens is 186 g/mol. The van der Waals surface area contributed by atoms with E-state index in [4.69, 9.17) is 0 Å². The summed E-state index contributed by atoms with van der Waals surface area (Å²) in [6.07, 6.45) is 1.97. The van der Waals surface area contributed by atoms with Crippen molar-refractivity contribution in [2.45, 2.75) is 53.0 Å². The largest absolute Gasteiger partial charge is 0.350 e. The Hall–Kier alpha value is -0.530. The predicted octanol–water partition coefficient (Wildman–Crippen LogP) is 2.58. The van der Waals surface area contributed by atoms with Crippen molar-refractivity contribution in [1.29, 1.82) is 0 Å². The Morgan fingerprint density at radius 2 is 1.73 bits per heavy atom. The van der Waals surface area contributed by atoms with Crippen molar-refractivity contribution >= 4 is 5.91 Å². The highest BCUT2D eigenvalue weighted by Crippen LogP contribution is 2.54. The second kappa shape index (κ2) is 2.99. The highest BCUT2D eigenvalue weighted by molar-refractivity contribution is 5.85. The lowest BCUT2D eigenvalue weighted by molar-refractivity contribution is -0.147. The van der Waals surface area contributed by atoms with Gasteiger partial charge < -0.3 is 5.32 Å². The van der Waals surface area contributed by atoms with E-state index in [9.17, 15) is 4.79 Å². The first-order chi connectivity index (χ1) is 6.79. The summed E-state index contributed by atoms with van der Waals surface area (Å²) in [6.45, 7) is 11.7. The first-order valence-electron chi connectivity index (χ1n) is 6.10. The lowest BCUT2D eigenvalue weighted by Gasteiger charge is -2.60. The summed E-state index contributed by atoms with van der Waals surface area (Å²) < 4.78 is 0. The van der Waals surface area contributed by atoms with Crippen LogP contribution in [0.2, 0.25) is 0 Å². The number of rotatable bonds is 0. The molecule has 1 spiro atoms. The van der Waals surface area contributed by atoms with Crippen LogP contribution in [0.15, 0.2) is 0 Å². The van der Waals surface area contributed by atoms with E-state index in [-0.39, 0.29) is 11.4 Å². The average molecular weight is 209 g/mol. The molecule has 1 amide bonds. The predicted molar refractivity (Wildman–Crippen MR) is 61.4 cm³/mol. The van der Waals surface area contributed by atoms with E-state index in [1.54, 1.807) is 0 Å². The molecule has 2 fully saturated rings. The summed E-state index contributed by atoms with van der Waals surface area (Å²) in [5.41, 5.74) is 0.524. The van der Waals surface area contributed by atoms with Gasteiger partial charge in [0.05, 0.1) is 12.0 Å². The van der Waals surface area contributed by atoms with E-state index in [0.29, 0.717) is 23.2 Å². The minimum Gasteiger partial charge on any atom is -0.350 e. The minimum atomic E-state index is 0.117. The second-order valence-corrected chi connectivity index (χ2v) is 6.44. The Balaban J connectivity index is 2.25. The molecule has 15 heavy (non-hydrogen) atoms. The molecule has 1 N–H and O–H groups in total. The third kappa shape index (κ3) is 1.33. The van der Waals surface area contributed by atoms with E-state index < -0.39 is 0 Å². The van der Waals surface area contributed by atoms with E-state index in [1.807, 2.05) is 0 Å². The molecule has 2 heteroatoms. The number of β-lactam (4-membered cyclic amide) rings is 1. The third-order valence-electron chi connectivity index (χ3n) is 5.33. The fraction of sp³-hybridized carbons (Fsp3) is 0.923.